The number of methoxy groups -OCH3 is 4. The van der Waals surface area contributed by atoms with Crippen LogP contribution in [0.3, 0.4) is 0 Å². The zero-order chi connectivity index (χ0) is 102. The highest BCUT2D eigenvalue weighted by Crippen LogP contribution is 2.54. The molecule has 2 N–H and O–H groups in total. The number of ether oxygens (including phenoxy) is 8. The van der Waals surface area contributed by atoms with Crippen molar-refractivity contribution >= 4 is 50.6 Å². The summed E-state index contributed by atoms with van der Waals surface area (Å²) in [7, 11) is 3.93. The summed E-state index contributed by atoms with van der Waals surface area (Å²) in [6.45, 7) is 26.7. The maximum absolute atomic E-state index is 16.2. The Morgan fingerprint density at radius 2 is 0.817 bits per heavy atom. The number of hydrogen-bond donors (Lipinski definition) is 2. The summed E-state index contributed by atoms with van der Waals surface area (Å²) < 4.78 is 111. The zero-order valence-corrected chi connectivity index (χ0v) is 84.6. The fourth-order valence-corrected chi connectivity index (χ4v) is 21.8. The molecule has 2 aliphatic heterocycles. The Hall–Kier alpha value is -13.0. The van der Waals surface area contributed by atoms with Crippen LogP contribution in [0.5, 0.6) is 23.0 Å². The molecule has 7 atom stereocenters. The number of aromatic nitrogens is 8. The minimum Gasteiger partial charge on any atom is -0.497 e. The number of Topliss-reactive ketones (excluding diaryl/α,β-unsaturated/α-hetero) is 2. The van der Waals surface area contributed by atoms with E-state index < -0.39 is 76.7 Å². The molecule has 0 radical (unpaired) electrons. The van der Waals surface area contributed by atoms with Gasteiger partial charge in [0.2, 0.25) is 0 Å². The summed E-state index contributed by atoms with van der Waals surface area (Å²) >= 11 is 0. The second kappa shape index (κ2) is 51.6. The number of imidazole rings is 1. The van der Waals surface area contributed by atoms with Crippen molar-refractivity contribution in [2.45, 2.75) is 206 Å². The Morgan fingerprint density at radius 1 is 0.465 bits per heavy atom. The number of benzene rings is 8. The van der Waals surface area contributed by atoms with Crippen LogP contribution in [0, 0.1) is 57.0 Å². The lowest BCUT2D eigenvalue weighted by Gasteiger charge is -2.45. The van der Waals surface area contributed by atoms with E-state index in [4.69, 9.17) is 67.3 Å². The van der Waals surface area contributed by atoms with Crippen LogP contribution in [-0.4, -0.2) is 185 Å². The van der Waals surface area contributed by atoms with Crippen LogP contribution in [0.2, 0.25) is 0 Å². The fourth-order valence-electron chi connectivity index (χ4n) is 17.7. The van der Waals surface area contributed by atoms with Gasteiger partial charge in [0.05, 0.1) is 133 Å². The van der Waals surface area contributed by atoms with Gasteiger partial charge >= 0.3 is 0 Å². The molecule has 0 spiro atoms. The van der Waals surface area contributed by atoms with E-state index in [0.29, 0.717) is 71.3 Å². The number of H-pyrrole nitrogens is 1. The Balaban J connectivity index is 0.000000201. The summed E-state index contributed by atoms with van der Waals surface area (Å²) in [6.07, 6.45) is 2.95. The van der Waals surface area contributed by atoms with Crippen LogP contribution in [0.4, 0.5) is 8.78 Å². The lowest BCUT2D eigenvalue weighted by Crippen LogP contribution is -2.43. The molecule has 15 rings (SSSR count). The van der Waals surface area contributed by atoms with Gasteiger partial charge in [0.25, 0.3) is 8.53 Å². The van der Waals surface area contributed by atoms with Crippen molar-refractivity contribution in [2.24, 2.45) is 0 Å². The highest BCUT2D eigenvalue weighted by atomic mass is 31.2. The van der Waals surface area contributed by atoms with Gasteiger partial charge in [0.1, 0.15) is 95.0 Å². The first kappa shape index (κ1) is 108. The lowest BCUT2D eigenvalue weighted by molar-refractivity contribution is -0.0930. The minimum atomic E-state index is -1.72. The van der Waals surface area contributed by atoms with E-state index in [9.17, 15) is 20.0 Å². The van der Waals surface area contributed by atoms with E-state index in [1.165, 1.54) is 31.4 Å². The molecule has 0 bridgehead atoms. The van der Waals surface area contributed by atoms with E-state index in [1.807, 2.05) is 170 Å². The molecule has 0 aliphatic carbocycles. The van der Waals surface area contributed by atoms with Crippen molar-refractivity contribution in [3.63, 3.8) is 0 Å². The van der Waals surface area contributed by atoms with Gasteiger partial charge in [-0.3, -0.25) is 9.59 Å². The van der Waals surface area contributed by atoms with Gasteiger partial charge in [0, 0.05) is 72.6 Å². The third-order valence-electron chi connectivity index (χ3n) is 24.1. The van der Waals surface area contributed by atoms with Crippen molar-refractivity contribution in [1.29, 1.82) is 21.0 Å². The standard InChI is InChI=1S/C49H53FN5O7P.C40H36FN3O6.C15H32N3OP.C5H2N4/c1-33(2)55(34(3)4)63(60-27-13-26-51)62-44-29-46(54-30-41(50)47-42(52-32-53-48(47)54)28-43(56)35-14-9-7-10-15-35)61-45(44)31-59-49(36-16-11-8-12-17-36,37-18-22-39(57-5)23-19-37)38-20-24-40(58-6)25-21-38;1-47-30-17-13-28(14-18-30)40(27-11-7-4-8-12-27,29-15-19-31(48-2)20-16-29)49-24-36-35(46)22-37(50-36)44-23-32(41)38-33(42-25-43-39(38)44)21-34(45)26-9-5-3-6-10-26;1-12(2)17(13(3)4)20(19-11-9-10-16)18(14(5)6)15(7)8;6-1-4-5(2-7)9-3-8-4/h7-12,14-25,30,32-34,44-46H,13,27-29,31H2,1-6H3;3-20,23,25,35-37,46H,21-22,24H2,1-2H3;12-15H,9,11H2,1-8H3;3H,(H,8,9)/t44-,45+,46+,63?;35-,36+,37+;;/m00../s1. The lowest BCUT2D eigenvalue weighted by atomic mass is 9.80. The van der Waals surface area contributed by atoms with E-state index in [2.05, 4.69) is 139 Å². The fraction of sp³-hybridized carbons (Fsp3) is 0.367. The van der Waals surface area contributed by atoms with Crippen LogP contribution in [0.25, 0.3) is 22.1 Å². The summed E-state index contributed by atoms with van der Waals surface area (Å²) in [4.78, 5) is 49.9. The predicted molar refractivity (Wildman–Crippen MR) is 539 cm³/mol. The van der Waals surface area contributed by atoms with Gasteiger partial charge in [-0.1, -0.05) is 170 Å². The molecule has 1 unspecified atom stereocenters. The Labute approximate surface area is 831 Å². The average Bonchev–Trinajstić information content (AvgIpc) is 1.22. The highest BCUT2D eigenvalue weighted by Gasteiger charge is 2.48. The topological polar surface area (TPSA) is 351 Å². The van der Waals surface area contributed by atoms with Crippen molar-refractivity contribution in [1.82, 2.24) is 53.0 Å². The molecular weight excluding hydrogens is 1840 g/mol. The molecule has 2 aliphatic rings. The predicted octanol–water partition coefficient (Wildman–Crippen LogP) is 21.2. The minimum absolute atomic E-state index is 0.00187. The number of nitriles is 4. The maximum atomic E-state index is 16.2. The van der Waals surface area contributed by atoms with Gasteiger partial charge in [-0.2, -0.15) is 21.0 Å². The molecule has 5 aromatic heterocycles. The molecule has 13 aromatic rings. The van der Waals surface area contributed by atoms with E-state index in [1.54, 1.807) is 98.2 Å². The first-order valence-electron chi connectivity index (χ1n) is 47.2. The van der Waals surface area contributed by atoms with E-state index >= 15 is 8.78 Å². The number of carbonyl (C=O) groups excluding carboxylic acids is 2. The van der Waals surface area contributed by atoms with E-state index in [-0.39, 0.29) is 120 Å². The molecular formula is C109H123F2N15O14P2. The molecule has 2 saturated heterocycles. The summed E-state index contributed by atoms with van der Waals surface area (Å²) in [6, 6.07) is 78.1. The molecule has 742 valence electrons. The number of halogens is 2. The normalized spacial score (nSPS) is 16.0. The SMILES string of the molecule is CC(C)N(C(C)C)P(OCCC#N)N(C(C)C)C(C)C.COc1ccc(C(OC[C@H]2O[C@@H](n3cc(F)c4c(CC(=O)c5ccccc5)ncnc43)C[C@@H]2O)(c2ccccc2)c2ccc(OC)cc2)cc1.COc1ccc(C(OC[C@H]2O[C@@H](n3cc(F)c4c(CC(=O)c5ccccc5)ncnc43)C[C@@H]2OP(OCCC#N)N(C(C)C)C(C)C)(c2ccccc2)c2ccc(OC)cc2)cc1.N#Cc1nc[nH]c1C#N. The molecule has 0 amide bonds. The number of ketones is 2. The first-order chi connectivity index (χ1) is 68.6. The van der Waals surface area contributed by atoms with Gasteiger partial charge in [0.15, 0.2) is 43.0 Å². The number of aliphatic hydroxyl groups is 1. The zero-order valence-electron chi connectivity index (χ0n) is 82.8. The Morgan fingerprint density at radius 3 is 1.17 bits per heavy atom. The smallest absolute Gasteiger partial charge is 0.259 e. The second-order valence-corrected chi connectivity index (χ2v) is 38.4. The number of carbonyl (C=O) groups is 2. The number of nitrogens with zero attached hydrogens (tertiary/aromatic N) is 14. The maximum Gasteiger partial charge on any atom is 0.259 e. The van der Waals surface area contributed by atoms with Gasteiger partial charge < -0.3 is 70.7 Å². The second-order valence-electron chi connectivity index (χ2n) is 35.3. The van der Waals surface area contributed by atoms with Crippen LogP contribution in [0.1, 0.15) is 198 Å². The largest absolute Gasteiger partial charge is 0.497 e. The molecule has 33 heteroatoms. The van der Waals surface area contributed by atoms with Crippen LogP contribution in [0.15, 0.2) is 250 Å². The van der Waals surface area contributed by atoms with Gasteiger partial charge in [-0.25, -0.2) is 47.7 Å². The first-order valence-corrected chi connectivity index (χ1v) is 49.5. The summed E-state index contributed by atoms with van der Waals surface area (Å²) in [5.74, 6) is 1.27. The van der Waals surface area contributed by atoms with Crippen molar-refractivity contribution < 1.29 is 74.9 Å². The third-order valence-corrected chi connectivity index (χ3v) is 29.3. The third kappa shape index (κ3) is 25.9. The van der Waals surface area contributed by atoms with Crippen molar-refractivity contribution in [3.8, 4) is 47.3 Å². The molecule has 8 aromatic carbocycles. The summed E-state index contributed by atoms with van der Waals surface area (Å²) in [5.41, 5.74) is 5.34. The molecule has 7 heterocycles. The number of nitrogens with one attached hydrogen (secondary N) is 1. The van der Waals surface area contributed by atoms with Gasteiger partial charge in [-0.05, 0) is 165 Å². The van der Waals surface area contributed by atoms with Crippen LogP contribution < -0.4 is 18.9 Å². The highest BCUT2D eigenvalue weighted by molar-refractivity contribution is 7.47. The van der Waals surface area contributed by atoms with Crippen LogP contribution >= 0.6 is 17.0 Å². The monoisotopic (exact) mass is 1970 g/mol. The molecule has 2 fully saturated rings. The Kier molecular flexibility index (Phi) is 39.2. The van der Waals surface area contributed by atoms with E-state index in [0.717, 1.165) is 33.4 Å². The molecule has 0 saturated carbocycles. The summed E-state index contributed by atoms with van der Waals surface area (Å²) in [5, 5.41) is 46.3. The molecule has 29 nitrogen and oxygen atoms in total. The number of aromatic amines is 1. The number of aliphatic hydroxyl groups excluding tert-OH is 1. The quantitative estimate of drug-likeness (QED) is 0.0155. The Bertz CT molecular complexity index is 6220. The van der Waals surface area contributed by atoms with Crippen molar-refractivity contribution in [3.05, 3.63) is 329 Å². The van der Waals surface area contributed by atoms with Crippen LogP contribution in [-0.2, 0) is 56.6 Å². The van der Waals surface area contributed by atoms with Crippen molar-refractivity contribution in [2.75, 3.05) is 54.9 Å². The molecule has 142 heavy (non-hydrogen) atoms. The number of hydrogen-bond acceptors (Lipinski definition) is 26. The average molecular weight is 1970 g/mol. The van der Waals surface area contributed by atoms with Gasteiger partial charge in [-0.15, -0.1) is 0 Å². The number of fused-ring (bicyclic) bond motifs is 2. The number of rotatable bonds is 41.